The summed E-state index contributed by atoms with van der Waals surface area (Å²) in [5.41, 5.74) is 6.87. The van der Waals surface area contributed by atoms with Gasteiger partial charge in [-0.05, 0) is 36.2 Å². The number of carbonyl (C=O) groups is 3. The molecular weight excluding hydrogens is 310 g/mol. The van der Waals surface area contributed by atoms with Crippen molar-refractivity contribution in [2.45, 2.75) is 6.42 Å². The molecule has 0 spiro atoms. The lowest BCUT2D eigenvalue weighted by molar-refractivity contribution is -0.138. The number of phenolic OH excluding ortho intramolecular Hbond substituents is 1. The van der Waals surface area contributed by atoms with E-state index in [0.717, 1.165) is 5.56 Å². The molecule has 0 aliphatic heterocycles. The molecule has 0 aliphatic rings. The number of aromatic hydroxyl groups is 1. The number of benzene rings is 2. The molecule has 0 bridgehead atoms. The number of hydrogen-bond acceptors (Lipinski definition) is 5. The zero-order valence-electron chi connectivity index (χ0n) is 12.8. The van der Waals surface area contributed by atoms with Gasteiger partial charge in [-0.25, -0.2) is 0 Å². The van der Waals surface area contributed by atoms with Crippen LogP contribution < -0.4 is 16.4 Å². The van der Waals surface area contributed by atoms with Crippen LogP contribution in [0.1, 0.15) is 15.9 Å². The van der Waals surface area contributed by atoms with Crippen LogP contribution >= 0.6 is 0 Å². The van der Waals surface area contributed by atoms with Crippen molar-refractivity contribution in [2.24, 2.45) is 0 Å². The van der Waals surface area contributed by atoms with Crippen molar-refractivity contribution in [3.05, 3.63) is 59.7 Å². The van der Waals surface area contributed by atoms with Crippen LogP contribution in [0.15, 0.2) is 48.5 Å². The van der Waals surface area contributed by atoms with Crippen LogP contribution in [0.4, 0.5) is 5.69 Å². The highest BCUT2D eigenvalue weighted by atomic mass is 16.3. The molecule has 0 radical (unpaired) electrons. The quantitative estimate of drug-likeness (QED) is 0.484. The molecule has 24 heavy (non-hydrogen) atoms. The zero-order valence-corrected chi connectivity index (χ0v) is 12.8. The predicted molar refractivity (Wildman–Crippen MR) is 88.1 cm³/mol. The van der Waals surface area contributed by atoms with Crippen molar-refractivity contribution in [1.29, 1.82) is 0 Å². The third kappa shape index (κ3) is 4.57. The summed E-state index contributed by atoms with van der Waals surface area (Å²) < 4.78 is 0. The number of imide groups is 1. The molecule has 0 saturated heterocycles. The van der Waals surface area contributed by atoms with Crippen LogP contribution in [0, 0.1) is 0 Å². The molecule has 0 heterocycles. The van der Waals surface area contributed by atoms with Crippen molar-refractivity contribution in [1.82, 2.24) is 10.6 Å². The third-order valence-electron chi connectivity index (χ3n) is 3.27. The summed E-state index contributed by atoms with van der Waals surface area (Å²) in [6, 6.07) is 12.7. The Morgan fingerprint density at radius 3 is 2.29 bits per heavy atom. The van der Waals surface area contributed by atoms with E-state index in [0.29, 0.717) is 6.42 Å². The summed E-state index contributed by atoms with van der Waals surface area (Å²) in [4.78, 5) is 35.3. The fraction of sp³-hybridized carbons (Fsp3) is 0.118. The molecule has 7 nitrogen and oxygen atoms in total. The Kier molecular flexibility index (Phi) is 5.51. The lowest BCUT2D eigenvalue weighted by Crippen LogP contribution is -2.43. The van der Waals surface area contributed by atoms with E-state index in [4.69, 9.17) is 5.73 Å². The molecule has 3 amide bonds. The number of carbonyl (C=O) groups excluding carboxylic acids is 3. The number of anilines is 1. The van der Waals surface area contributed by atoms with Gasteiger partial charge in [0.05, 0.1) is 5.56 Å². The van der Waals surface area contributed by atoms with Crippen LogP contribution in [-0.2, 0) is 16.0 Å². The summed E-state index contributed by atoms with van der Waals surface area (Å²) in [6.07, 6.45) is 0.485. The number of nitrogens with two attached hydrogens (primary N) is 1. The first-order chi connectivity index (χ1) is 11.5. The van der Waals surface area contributed by atoms with Gasteiger partial charge >= 0.3 is 11.8 Å². The maximum absolute atomic E-state index is 11.9. The lowest BCUT2D eigenvalue weighted by atomic mass is 10.1. The Bertz CT molecular complexity index is 757. The smallest absolute Gasteiger partial charge is 0.316 e. The van der Waals surface area contributed by atoms with Crippen molar-refractivity contribution < 1.29 is 19.5 Å². The van der Waals surface area contributed by atoms with Gasteiger partial charge in [0.15, 0.2) is 0 Å². The predicted octanol–water partition coefficient (Wildman–Crippen LogP) is 0.590. The molecule has 124 valence electrons. The fourth-order valence-corrected chi connectivity index (χ4v) is 1.99. The van der Waals surface area contributed by atoms with Gasteiger partial charge in [-0.3, -0.25) is 19.7 Å². The largest absolute Gasteiger partial charge is 0.508 e. The summed E-state index contributed by atoms with van der Waals surface area (Å²) >= 11 is 0. The van der Waals surface area contributed by atoms with Crippen molar-refractivity contribution in [2.75, 3.05) is 12.3 Å². The third-order valence-corrected chi connectivity index (χ3v) is 3.27. The fourth-order valence-electron chi connectivity index (χ4n) is 1.99. The van der Waals surface area contributed by atoms with E-state index in [1.54, 1.807) is 24.3 Å². The number of rotatable bonds is 4. The van der Waals surface area contributed by atoms with E-state index in [1.807, 2.05) is 5.32 Å². The zero-order chi connectivity index (χ0) is 17.5. The molecule has 0 fully saturated rings. The Morgan fingerprint density at radius 2 is 1.62 bits per heavy atom. The van der Waals surface area contributed by atoms with Crippen molar-refractivity contribution in [3.63, 3.8) is 0 Å². The first-order valence-corrected chi connectivity index (χ1v) is 7.23. The second kappa shape index (κ2) is 7.77. The molecule has 0 unspecified atom stereocenters. The van der Waals surface area contributed by atoms with Crippen molar-refractivity contribution >= 4 is 23.4 Å². The Morgan fingerprint density at radius 1 is 0.958 bits per heavy atom. The lowest BCUT2D eigenvalue weighted by Gasteiger charge is -2.07. The number of para-hydroxylation sites is 1. The minimum absolute atomic E-state index is 0.128. The highest BCUT2D eigenvalue weighted by Crippen LogP contribution is 2.10. The molecule has 7 heteroatoms. The molecule has 0 saturated carbocycles. The Balaban J connectivity index is 1.82. The van der Waals surface area contributed by atoms with Gasteiger partial charge in [-0.2, -0.15) is 0 Å². The summed E-state index contributed by atoms with van der Waals surface area (Å²) in [6.45, 7) is 0.221. The Hall–Kier alpha value is -3.35. The van der Waals surface area contributed by atoms with Crippen molar-refractivity contribution in [3.8, 4) is 5.75 Å². The monoisotopic (exact) mass is 327 g/mol. The number of phenols is 1. The van der Waals surface area contributed by atoms with E-state index >= 15 is 0 Å². The van der Waals surface area contributed by atoms with Gasteiger partial charge in [-0.15, -0.1) is 0 Å². The first kappa shape index (κ1) is 17.0. The van der Waals surface area contributed by atoms with E-state index in [9.17, 15) is 19.5 Å². The standard InChI is InChI=1S/C17H17N3O4/c18-14-4-2-1-3-13(14)15(22)20-17(24)16(23)19-10-9-11-5-7-12(21)8-6-11/h1-8,21H,9-10,18H2,(H,19,23)(H,20,22,24). The number of amides is 3. The van der Waals surface area contributed by atoms with E-state index < -0.39 is 17.7 Å². The maximum atomic E-state index is 11.9. The average molecular weight is 327 g/mol. The summed E-state index contributed by atoms with van der Waals surface area (Å²) in [5, 5.41) is 13.6. The molecule has 0 aliphatic carbocycles. The highest BCUT2D eigenvalue weighted by Gasteiger charge is 2.18. The second-order valence-corrected chi connectivity index (χ2v) is 5.04. The van der Waals surface area contributed by atoms with Gasteiger partial charge in [0, 0.05) is 12.2 Å². The molecular formula is C17H17N3O4. The molecule has 2 rings (SSSR count). The molecule has 2 aromatic carbocycles. The number of nitrogens with one attached hydrogen (secondary N) is 2. The van der Waals surface area contributed by atoms with Crippen LogP contribution in [0.5, 0.6) is 5.75 Å². The summed E-state index contributed by atoms with van der Waals surface area (Å²) in [5.74, 6) is -2.53. The maximum Gasteiger partial charge on any atom is 0.316 e. The molecule has 0 atom stereocenters. The highest BCUT2D eigenvalue weighted by molar-refractivity contribution is 6.38. The normalized spacial score (nSPS) is 10.0. The number of hydrogen-bond donors (Lipinski definition) is 4. The molecule has 5 N–H and O–H groups in total. The Labute approximate surface area is 138 Å². The summed E-state index contributed by atoms with van der Waals surface area (Å²) in [7, 11) is 0. The van der Waals surface area contributed by atoms with E-state index in [2.05, 4.69) is 5.32 Å². The van der Waals surface area contributed by atoms with Gasteiger partial charge in [-0.1, -0.05) is 24.3 Å². The topological polar surface area (TPSA) is 122 Å². The van der Waals surface area contributed by atoms with Gasteiger partial charge in [0.25, 0.3) is 5.91 Å². The number of nitrogen functional groups attached to an aromatic ring is 1. The van der Waals surface area contributed by atoms with E-state index in [-0.39, 0.29) is 23.5 Å². The van der Waals surface area contributed by atoms with Crippen LogP contribution in [0.25, 0.3) is 0 Å². The van der Waals surface area contributed by atoms with E-state index in [1.165, 1.54) is 24.3 Å². The molecule has 2 aromatic rings. The SMILES string of the molecule is Nc1ccccc1C(=O)NC(=O)C(=O)NCCc1ccc(O)cc1. The van der Waals surface area contributed by atoms with Crippen LogP contribution in [0.2, 0.25) is 0 Å². The first-order valence-electron chi connectivity index (χ1n) is 7.23. The minimum atomic E-state index is -1.05. The van der Waals surface area contributed by atoms with Crippen LogP contribution in [-0.4, -0.2) is 29.4 Å². The average Bonchev–Trinajstić information content (AvgIpc) is 2.56. The van der Waals surface area contributed by atoms with Gasteiger partial charge in [0.2, 0.25) is 0 Å². The van der Waals surface area contributed by atoms with Gasteiger partial charge < -0.3 is 16.2 Å². The molecule has 0 aromatic heterocycles. The second-order valence-electron chi connectivity index (χ2n) is 5.04. The minimum Gasteiger partial charge on any atom is -0.508 e. The van der Waals surface area contributed by atoms with Crippen LogP contribution in [0.3, 0.4) is 0 Å². The van der Waals surface area contributed by atoms with Gasteiger partial charge in [0.1, 0.15) is 5.75 Å².